The summed E-state index contributed by atoms with van der Waals surface area (Å²) in [5, 5.41) is 0. The molecule has 0 saturated heterocycles. The highest BCUT2D eigenvalue weighted by molar-refractivity contribution is 9.10. The van der Waals surface area contributed by atoms with Gasteiger partial charge in [0.2, 0.25) is 0 Å². The van der Waals surface area contributed by atoms with Crippen LogP contribution in [0.15, 0.2) is 10.7 Å². The van der Waals surface area contributed by atoms with Gasteiger partial charge in [-0.15, -0.1) is 0 Å². The molecule has 0 aromatic carbocycles. The number of hydrogen-bond acceptors (Lipinski definition) is 5. The van der Waals surface area contributed by atoms with Crippen LogP contribution in [0.3, 0.4) is 0 Å². The molecule has 0 N–H and O–H groups in total. The molecule has 0 amide bonds. The molecule has 6 heteroatoms. The number of rotatable bonds is 3. The third-order valence-corrected chi connectivity index (χ3v) is 2.25. The Kier molecular flexibility index (Phi) is 3.90. The molecule has 0 saturated carbocycles. The number of ether oxygens (including phenoxy) is 3. The van der Waals surface area contributed by atoms with Crippen LogP contribution in [0, 0.1) is 0 Å². The van der Waals surface area contributed by atoms with E-state index in [0.717, 1.165) is 0 Å². The molecule has 0 aliphatic heterocycles. The van der Waals surface area contributed by atoms with Gasteiger partial charge in [-0.2, -0.15) is 0 Å². The van der Waals surface area contributed by atoms with E-state index < -0.39 is 5.97 Å². The Morgan fingerprint density at radius 1 is 1.33 bits per heavy atom. The molecule has 0 bridgehead atoms. The van der Waals surface area contributed by atoms with Crippen molar-refractivity contribution in [2.24, 2.45) is 0 Å². The molecule has 1 heterocycles. The van der Waals surface area contributed by atoms with Gasteiger partial charge in [0.1, 0.15) is 0 Å². The maximum absolute atomic E-state index is 11.2. The monoisotopic (exact) mass is 275 g/mol. The second kappa shape index (κ2) is 4.97. The summed E-state index contributed by atoms with van der Waals surface area (Å²) in [5.74, 6) is 0.321. The molecule has 1 rings (SSSR count). The largest absolute Gasteiger partial charge is 0.493 e. The number of carbonyl (C=O) groups excluding carboxylic acids is 1. The number of aromatic nitrogens is 1. The number of esters is 1. The minimum Gasteiger partial charge on any atom is -0.493 e. The lowest BCUT2D eigenvalue weighted by molar-refractivity contribution is 0.0593. The van der Waals surface area contributed by atoms with E-state index in [1.807, 2.05) is 0 Å². The number of halogens is 1. The fraction of sp³-hybridized carbons (Fsp3) is 0.333. The lowest BCUT2D eigenvalue weighted by Gasteiger charge is -2.09. The minimum atomic E-state index is -0.531. The standard InChI is InChI=1S/C9H10BrNO4/c1-13-6-4-5(9(12)15-3)11-8(10)7(6)14-2/h4H,1-3H3. The molecule has 0 fully saturated rings. The molecule has 0 atom stereocenters. The number of methoxy groups -OCH3 is 3. The number of nitrogens with zero attached hydrogens (tertiary/aromatic N) is 1. The SMILES string of the molecule is COC(=O)c1cc(OC)c(OC)c(Br)n1. The summed E-state index contributed by atoms with van der Waals surface area (Å²) < 4.78 is 15.0. The van der Waals surface area contributed by atoms with E-state index in [1.165, 1.54) is 27.4 Å². The fourth-order valence-corrected chi connectivity index (χ4v) is 1.57. The molecular formula is C9H10BrNO4. The number of pyridine rings is 1. The quantitative estimate of drug-likeness (QED) is 0.620. The summed E-state index contributed by atoms with van der Waals surface area (Å²) in [5.41, 5.74) is 0.155. The first-order chi connectivity index (χ1) is 7.13. The van der Waals surface area contributed by atoms with Gasteiger partial charge in [-0.3, -0.25) is 0 Å². The van der Waals surface area contributed by atoms with Gasteiger partial charge >= 0.3 is 5.97 Å². The van der Waals surface area contributed by atoms with Crippen LogP contribution < -0.4 is 9.47 Å². The van der Waals surface area contributed by atoms with Crippen molar-refractivity contribution in [1.29, 1.82) is 0 Å². The zero-order valence-electron chi connectivity index (χ0n) is 8.54. The first kappa shape index (κ1) is 11.8. The molecule has 0 unspecified atom stereocenters. The molecule has 1 aromatic rings. The van der Waals surface area contributed by atoms with Gasteiger partial charge in [-0.1, -0.05) is 0 Å². The zero-order chi connectivity index (χ0) is 11.4. The van der Waals surface area contributed by atoms with E-state index in [-0.39, 0.29) is 5.69 Å². The summed E-state index contributed by atoms with van der Waals surface area (Å²) >= 11 is 3.17. The van der Waals surface area contributed by atoms with Gasteiger partial charge < -0.3 is 14.2 Å². The van der Waals surface area contributed by atoms with Gasteiger partial charge in [0, 0.05) is 6.07 Å². The van der Waals surface area contributed by atoms with Gasteiger partial charge in [-0.25, -0.2) is 9.78 Å². The highest BCUT2D eigenvalue weighted by atomic mass is 79.9. The Bertz CT molecular complexity index is 381. The second-order valence-corrected chi connectivity index (χ2v) is 3.28. The Hall–Kier alpha value is -1.30. The Morgan fingerprint density at radius 2 is 2.00 bits per heavy atom. The first-order valence-electron chi connectivity index (χ1n) is 4.00. The minimum absolute atomic E-state index is 0.155. The summed E-state index contributed by atoms with van der Waals surface area (Å²) in [7, 11) is 4.25. The number of hydrogen-bond donors (Lipinski definition) is 0. The van der Waals surface area contributed by atoms with Crippen LogP contribution in [0.4, 0.5) is 0 Å². The molecule has 82 valence electrons. The van der Waals surface area contributed by atoms with E-state index in [0.29, 0.717) is 16.1 Å². The Balaban J connectivity index is 3.25. The lowest BCUT2D eigenvalue weighted by Crippen LogP contribution is -2.06. The van der Waals surface area contributed by atoms with Crippen molar-refractivity contribution in [2.75, 3.05) is 21.3 Å². The van der Waals surface area contributed by atoms with Crippen LogP contribution in [-0.2, 0) is 4.74 Å². The zero-order valence-corrected chi connectivity index (χ0v) is 10.1. The van der Waals surface area contributed by atoms with Crippen molar-refractivity contribution in [2.45, 2.75) is 0 Å². The van der Waals surface area contributed by atoms with Crippen molar-refractivity contribution in [3.8, 4) is 11.5 Å². The van der Waals surface area contributed by atoms with Crippen molar-refractivity contribution in [3.05, 3.63) is 16.4 Å². The average molecular weight is 276 g/mol. The van der Waals surface area contributed by atoms with Crippen LogP contribution >= 0.6 is 15.9 Å². The first-order valence-corrected chi connectivity index (χ1v) is 4.80. The maximum atomic E-state index is 11.2. The van der Waals surface area contributed by atoms with Crippen molar-refractivity contribution < 1.29 is 19.0 Å². The second-order valence-electron chi connectivity index (χ2n) is 2.53. The normalized spacial score (nSPS) is 9.60. The Morgan fingerprint density at radius 3 is 2.47 bits per heavy atom. The maximum Gasteiger partial charge on any atom is 0.356 e. The van der Waals surface area contributed by atoms with E-state index in [2.05, 4.69) is 25.7 Å². The van der Waals surface area contributed by atoms with Gasteiger partial charge in [-0.05, 0) is 15.9 Å². The lowest BCUT2D eigenvalue weighted by atomic mass is 10.3. The third kappa shape index (κ3) is 2.38. The molecule has 0 aliphatic carbocycles. The van der Waals surface area contributed by atoms with Crippen molar-refractivity contribution in [1.82, 2.24) is 4.98 Å². The summed E-state index contributed by atoms with van der Waals surface area (Å²) in [4.78, 5) is 15.2. The summed E-state index contributed by atoms with van der Waals surface area (Å²) in [6.07, 6.45) is 0. The molecular weight excluding hydrogens is 266 g/mol. The highest BCUT2D eigenvalue weighted by Gasteiger charge is 2.16. The Labute approximate surface area is 95.5 Å². The average Bonchev–Trinajstić information content (AvgIpc) is 2.26. The topological polar surface area (TPSA) is 57.7 Å². The summed E-state index contributed by atoms with van der Waals surface area (Å²) in [6.45, 7) is 0. The van der Waals surface area contributed by atoms with Crippen molar-refractivity contribution in [3.63, 3.8) is 0 Å². The third-order valence-electron chi connectivity index (χ3n) is 1.72. The molecule has 0 spiro atoms. The van der Waals surface area contributed by atoms with E-state index in [9.17, 15) is 4.79 Å². The van der Waals surface area contributed by atoms with Crippen LogP contribution in [-0.4, -0.2) is 32.3 Å². The predicted octanol–water partition coefficient (Wildman–Crippen LogP) is 1.65. The molecule has 0 radical (unpaired) electrons. The van der Waals surface area contributed by atoms with Gasteiger partial charge in [0.15, 0.2) is 21.8 Å². The van der Waals surface area contributed by atoms with E-state index >= 15 is 0 Å². The van der Waals surface area contributed by atoms with Crippen LogP contribution in [0.5, 0.6) is 11.5 Å². The highest BCUT2D eigenvalue weighted by Crippen LogP contribution is 2.34. The number of carbonyl (C=O) groups is 1. The smallest absolute Gasteiger partial charge is 0.356 e. The van der Waals surface area contributed by atoms with Crippen LogP contribution in [0.2, 0.25) is 0 Å². The van der Waals surface area contributed by atoms with E-state index in [4.69, 9.17) is 9.47 Å². The molecule has 0 aliphatic rings. The molecule has 5 nitrogen and oxygen atoms in total. The van der Waals surface area contributed by atoms with Gasteiger partial charge in [0.05, 0.1) is 21.3 Å². The fourth-order valence-electron chi connectivity index (χ4n) is 1.03. The van der Waals surface area contributed by atoms with Gasteiger partial charge in [0.25, 0.3) is 0 Å². The molecule has 1 aromatic heterocycles. The van der Waals surface area contributed by atoms with Crippen molar-refractivity contribution >= 4 is 21.9 Å². The summed E-state index contributed by atoms with van der Waals surface area (Å²) in [6, 6.07) is 1.45. The van der Waals surface area contributed by atoms with Crippen LogP contribution in [0.25, 0.3) is 0 Å². The van der Waals surface area contributed by atoms with Crippen LogP contribution in [0.1, 0.15) is 10.5 Å². The molecule has 15 heavy (non-hydrogen) atoms. The predicted molar refractivity (Wildman–Crippen MR) is 56.4 cm³/mol. The van der Waals surface area contributed by atoms with E-state index in [1.54, 1.807) is 0 Å².